The van der Waals surface area contributed by atoms with E-state index < -0.39 is 0 Å². The predicted molar refractivity (Wildman–Crippen MR) is 81.4 cm³/mol. The van der Waals surface area contributed by atoms with Crippen LogP contribution in [-0.4, -0.2) is 23.9 Å². The van der Waals surface area contributed by atoms with E-state index in [0.717, 1.165) is 44.9 Å². The maximum atomic E-state index is 12.4. The largest absolute Gasteiger partial charge is 0.352 e. The Kier molecular flexibility index (Phi) is 4.42. The van der Waals surface area contributed by atoms with E-state index in [1.807, 2.05) is 0 Å². The second kappa shape index (κ2) is 6.46. The van der Waals surface area contributed by atoms with Crippen LogP contribution >= 0.6 is 0 Å². The van der Waals surface area contributed by atoms with Crippen molar-refractivity contribution in [3.63, 3.8) is 0 Å². The van der Waals surface area contributed by atoms with Gasteiger partial charge >= 0.3 is 0 Å². The Morgan fingerprint density at radius 2 is 1.10 bits per heavy atom. The van der Waals surface area contributed by atoms with E-state index in [4.69, 9.17) is 0 Å². The molecule has 1 fully saturated rings. The molecule has 0 aromatic heterocycles. The molecule has 21 heavy (non-hydrogen) atoms. The van der Waals surface area contributed by atoms with E-state index in [-0.39, 0.29) is 35.7 Å². The number of nitrogens with one attached hydrogen (secondary N) is 2. The monoisotopic (exact) mass is 288 g/mol. The van der Waals surface area contributed by atoms with Crippen LogP contribution in [0.2, 0.25) is 0 Å². The minimum atomic E-state index is -0.139. The molecule has 1 saturated carbocycles. The summed E-state index contributed by atoms with van der Waals surface area (Å²) in [5, 5.41) is 6.21. The van der Waals surface area contributed by atoms with Crippen LogP contribution in [0.25, 0.3) is 0 Å². The second-order valence-electron chi connectivity index (χ2n) is 6.44. The summed E-state index contributed by atoms with van der Waals surface area (Å²) in [7, 11) is 0. The first-order valence-corrected chi connectivity index (χ1v) is 8.15. The van der Waals surface area contributed by atoms with Crippen LogP contribution in [0.3, 0.4) is 0 Å². The van der Waals surface area contributed by atoms with E-state index >= 15 is 0 Å². The fraction of sp³-hybridized carbons (Fsp3) is 0.647. The smallest absolute Gasteiger partial charge is 0.224 e. The molecule has 0 unspecified atom stereocenters. The standard InChI is InChI=1S/C17H24N2O2/c20-16(18-12-6-1-2-7-12)14-10-5-11-15(14)17(21)19-13-8-3-4-9-13/h1-4,12-15H,5-11H2,(H,18,20)(H,19,21)/t14-,15-/m0/s1. The Morgan fingerprint density at radius 1 is 0.714 bits per heavy atom. The van der Waals surface area contributed by atoms with Crippen LogP contribution in [-0.2, 0) is 9.59 Å². The van der Waals surface area contributed by atoms with Crippen LogP contribution < -0.4 is 10.6 Å². The maximum Gasteiger partial charge on any atom is 0.224 e. The minimum Gasteiger partial charge on any atom is -0.352 e. The number of carbonyl (C=O) groups is 2. The highest BCUT2D eigenvalue weighted by molar-refractivity contribution is 5.88. The summed E-state index contributed by atoms with van der Waals surface area (Å²) in [5.41, 5.74) is 0. The lowest BCUT2D eigenvalue weighted by Crippen LogP contribution is -2.44. The van der Waals surface area contributed by atoms with E-state index in [1.165, 1.54) is 0 Å². The predicted octanol–water partition coefficient (Wildman–Crippen LogP) is 2.07. The number of hydrogen-bond donors (Lipinski definition) is 2. The van der Waals surface area contributed by atoms with Gasteiger partial charge in [-0.15, -0.1) is 0 Å². The van der Waals surface area contributed by atoms with Gasteiger partial charge in [0.15, 0.2) is 0 Å². The van der Waals surface area contributed by atoms with Crippen molar-refractivity contribution in [1.29, 1.82) is 0 Å². The molecule has 0 spiro atoms. The SMILES string of the molecule is O=C(NC1CC=CC1)[C@H]1CCC[C@@H]1C(=O)NC1CC=CC1. The average molecular weight is 288 g/mol. The van der Waals surface area contributed by atoms with Crippen molar-refractivity contribution in [1.82, 2.24) is 10.6 Å². The van der Waals surface area contributed by atoms with Crippen molar-refractivity contribution in [3.8, 4) is 0 Å². The van der Waals surface area contributed by atoms with Gasteiger partial charge in [-0.2, -0.15) is 0 Å². The first-order chi connectivity index (χ1) is 10.2. The fourth-order valence-corrected chi connectivity index (χ4v) is 3.67. The van der Waals surface area contributed by atoms with Crippen molar-refractivity contribution in [2.24, 2.45) is 11.8 Å². The van der Waals surface area contributed by atoms with Crippen molar-refractivity contribution in [3.05, 3.63) is 24.3 Å². The van der Waals surface area contributed by atoms with Crippen LogP contribution in [0.15, 0.2) is 24.3 Å². The number of carbonyl (C=O) groups excluding carboxylic acids is 2. The van der Waals surface area contributed by atoms with Gasteiger partial charge in [0, 0.05) is 23.9 Å². The zero-order valence-corrected chi connectivity index (χ0v) is 12.4. The highest BCUT2D eigenvalue weighted by Crippen LogP contribution is 2.33. The third kappa shape index (κ3) is 3.36. The molecule has 4 nitrogen and oxygen atoms in total. The van der Waals surface area contributed by atoms with E-state index in [9.17, 15) is 9.59 Å². The third-order valence-corrected chi connectivity index (χ3v) is 4.90. The lowest BCUT2D eigenvalue weighted by atomic mass is 9.93. The molecule has 0 aromatic rings. The molecule has 0 heterocycles. The quantitative estimate of drug-likeness (QED) is 0.778. The summed E-state index contributed by atoms with van der Waals surface area (Å²) >= 11 is 0. The van der Waals surface area contributed by atoms with Crippen LogP contribution in [0.1, 0.15) is 44.9 Å². The van der Waals surface area contributed by atoms with Crippen LogP contribution in [0.5, 0.6) is 0 Å². The van der Waals surface area contributed by atoms with Crippen molar-refractivity contribution in [2.45, 2.75) is 57.0 Å². The summed E-state index contributed by atoms with van der Waals surface area (Å²) in [6.45, 7) is 0. The third-order valence-electron chi connectivity index (χ3n) is 4.90. The highest BCUT2D eigenvalue weighted by Gasteiger charge is 2.38. The van der Waals surface area contributed by atoms with E-state index in [2.05, 4.69) is 34.9 Å². The van der Waals surface area contributed by atoms with Crippen LogP contribution in [0.4, 0.5) is 0 Å². The van der Waals surface area contributed by atoms with Gasteiger partial charge in [-0.3, -0.25) is 9.59 Å². The van der Waals surface area contributed by atoms with Gasteiger partial charge in [0.25, 0.3) is 0 Å². The van der Waals surface area contributed by atoms with Gasteiger partial charge in [0.1, 0.15) is 0 Å². The van der Waals surface area contributed by atoms with Gasteiger partial charge in [0.05, 0.1) is 0 Å². The Morgan fingerprint density at radius 3 is 1.48 bits per heavy atom. The first-order valence-electron chi connectivity index (χ1n) is 8.15. The van der Waals surface area contributed by atoms with E-state index in [0.29, 0.717) is 0 Å². The molecule has 2 amide bonds. The fourth-order valence-electron chi connectivity index (χ4n) is 3.67. The molecule has 0 radical (unpaired) electrons. The second-order valence-corrected chi connectivity index (χ2v) is 6.44. The first kappa shape index (κ1) is 14.4. The Hall–Kier alpha value is -1.58. The topological polar surface area (TPSA) is 58.2 Å². The normalized spacial score (nSPS) is 29.1. The molecular weight excluding hydrogens is 264 g/mol. The van der Waals surface area contributed by atoms with Gasteiger partial charge in [-0.05, 0) is 38.5 Å². The lowest BCUT2D eigenvalue weighted by Gasteiger charge is -2.22. The summed E-state index contributed by atoms with van der Waals surface area (Å²) in [5.74, 6) is -0.128. The van der Waals surface area contributed by atoms with Gasteiger partial charge in [-0.1, -0.05) is 30.7 Å². The van der Waals surface area contributed by atoms with Gasteiger partial charge in [-0.25, -0.2) is 0 Å². The maximum absolute atomic E-state index is 12.4. The molecule has 2 atom stereocenters. The summed E-state index contributed by atoms with van der Waals surface area (Å²) in [6.07, 6.45) is 14.8. The van der Waals surface area contributed by atoms with Gasteiger partial charge < -0.3 is 10.6 Å². The van der Waals surface area contributed by atoms with E-state index in [1.54, 1.807) is 0 Å². The number of hydrogen-bond acceptors (Lipinski definition) is 2. The Labute approximate surface area is 126 Å². The average Bonchev–Trinajstić information content (AvgIpc) is 3.20. The summed E-state index contributed by atoms with van der Waals surface area (Å²) < 4.78 is 0. The Balaban J connectivity index is 1.53. The van der Waals surface area contributed by atoms with Gasteiger partial charge in [0.2, 0.25) is 11.8 Å². The highest BCUT2D eigenvalue weighted by atomic mass is 16.2. The van der Waals surface area contributed by atoms with Crippen molar-refractivity contribution >= 4 is 11.8 Å². The van der Waals surface area contributed by atoms with Crippen molar-refractivity contribution < 1.29 is 9.59 Å². The molecule has 3 rings (SSSR count). The molecule has 0 bridgehead atoms. The molecular formula is C17H24N2O2. The lowest BCUT2D eigenvalue weighted by molar-refractivity contribution is -0.134. The summed E-state index contributed by atoms with van der Waals surface area (Å²) in [4.78, 5) is 24.8. The zero-order chi connectivity index (χ0) is 14.7. The van der Waals surface area contributed by atoms with Crippen LogP contribution in [0, 0.1) is 11.8 Å². The summed E-state index contributed by atoms with van der Waals surface area (Å²) in [6, 6.07) is 0.474. The number of amides is 2. The molecule has 114 valence electrons. The Bertz CT molecular complexity index is 411. The minimum absolute atomic E-state index is 0.0749. The number of rotatable bonds is 4. The zero-order valence-electron chi connectivity index (χ0n) is 12.4. The molecule has 3 aliphatic rings. The molecule has 3 aliphatic carbocycles. The van der Waals surface area contributed by atoms with Crippen molar-refractivity contribution in [2.75, 3.05) is 0 Å². The molecule has 0 saturated heterocycles. The molecule has 4 heteroatoms. The molecule has 0 aliphatic heterocycles. The molecule has 0 aromatic carbocycles. The molecule has 2 N–H and O–H groups in total.